The number of hydrogen-bond donors (Lipinski definition) is 0. The predicted molar refractivity (Wildman–Crippen MR) is 87.8 cm³/mol. The van der Waals surface area contributed by atoms with Crippen LogP contribution in [0.5, 0.6) is 0 Å². The van der Waals surface area contributed by atoms with Crippen LogP contribution in [0.15, 0.2) is 18.2 Å². The number of imidazole rings is 1. The molecule has 2 aromatic rings. The van der Waals surface area contributed by atoms with Gasteiger partial charge < -0.3 is 4.57 Å². The van der Waals surface area contributed by atoms with Gasteiger partial charge >= 0.3 is 0 Å². The van der Waals surface area contributed by atoms with Crippen LogP contribution >= 0.6 is 23.2 Å². The molecule has 1 aromatic heterocycles. The molecule has 20 heavy (non-hydrogen) atoms. The summed E-state index contributed by atoms with van der Waals surface area (Å²) in [5.74, 6) is 1.51. The highest BCUT2D eigenvalue weighted by Gasteiger charge is 2.24. The van der Waals surface area contributed by atoms with Crippen molar-refractivity contribution in [1.29, 1.82) is 0 Å². The molecule has 1 heterocycles. The van der Waals surface area contributed by atoms with Gasteiger partial charge in [-0.3, -0.25) is 0 Å². The van der Waals surface area contributed by atoms with E-state index in [1.807, 2.05) is 25.1 Å². The van der Waals surface area contributed by atoms with E-state index < -0.39 is 0 Å². The first-order valence-corrected chi connectivity index (χ1v) is 8.13. The Bertz CT molecular complexity index is 585. The smallest absolute Gasteiger partial charge is 0.128 e. The second-order valence-electron chi connectivity index (χ2n) is 5.38. The number of alkyl halides is 1. The van der Waals surface area contributed by atoms with E-state index in [0.29, 0.717) is 12.0 Å². The molecule has 0 aliphatic rings. The highest BCUT2D eigenvalue weighted by molar-refractivity contribution is 6.35. The molecular weight excluding hydrogens is 291 g/mol. The van der Waals surface area contributed by atoms with Crippen molar-refractivity contribution in [3.05, 3.63) is 29.0 Å². The van der Waals surface area contributed by atoms with Crippen molar-refractivity contribution in [3.63, 3.8) is 0 Å². The van der Waals surface area contributed by atoms with Crippen LogP contribution in [0.3, 0.4) is 0 Å². The number of benzene rings is 1. The van der Waals surface area contributed by atoms with Gasteiger partial charge in [-0.25, -0.2) is 4.98 Å². The molecule has 2 nitrogen and oxygen atoms in total. The van der Waals surface area contributed by atoms with Crippen molar-refractivity contribution in [2.75, 3.05) is 0 Å². The number of aromatic nitrogens is 2. The van der Waals surface area contributed by atoms with Crippen LogP contribution in [0.4, 0.5) is 0 Å². The average molecular weight is 313 g/mol. The molecule has 0 bridgehead atoms. The van der Waals surface area contributed by atoms with Crippen molar-refractivity contribution < 1.29 is 0 Å². The number of halogens is 2. The summed E-state index contributed by atoms with van der Waals surface area (Å²) in [5, 5.41) is 0.617. The van der Waals surface area contributed by atoms with Gasteiger partial charge in [0.2, 0.25) is 0 Å². The van der Waals surface area contributed by atoms with E-state index in [1.165, 1.54) is 0 Å². The Morgan fingerprint density at radius 2 is 1.85 bits per heavy atom. The minimum atomic E-state index is -0.129. The quantitative estimate of drug-likeness (QED) is 0.620. The maximum atomic E-state index is 6.41. The molecule has 110 valence electrons. The zero-order valence-electron chi connectivity index (χ0n) is 12.5. The van der Waals surface area contributed by atoms with E-state index in [1.54, 1.807) is 0 Å². The maximum Gasteiger partial charge on any atom is 0.128 e. The summed E-state index contributed by atoms with van der Waals surface area (Å²) in [5.41, 5.74) is 1.94. The fourth-order valence-corrected chi connectivity index (χ4v) is 3.41. The van der Waals surface area contributed by atoms with Crippen LogP contribution in [-0.4, -0.2) is 9.55 Å². The van der Waals surface area contributed by atoms with Gasteiger partial charge in [0.1, 0.15) is 5.82 Å². The molecule has 0 aliphatic carbocycles. The normalized spacial score (nSPS) is 14.9. The fourth-order valence-electron chi connectivity index (χ4n) is 3.00. The topological polar surface area (TPSA) is 17.8 Å². The number of hydrogen-bond acceptors (Lipinski definition) is 1. The van der Waals surface area contributed by atoms with Gasteiger partial charge in [-0.2, -0.15) is 0 Å². The van der Waals surface area contributed by atoms with E-state index in [2.05, 4.69) is 25.3 Å². The minimum Gasteiger partial charge on any atom is -0.322 e. The van der Waals surface area contributed by atoms with Crippen LogP contribution in [0.1, 0.15) is 57.8 Å². The highest BCUT2D eigenvalue weighted by atomic mass is 35.5. The van der Waals surface area contributed by atoms with Crippen molar-refractivity contribution in [2.45, 2.75) is 52.0 Å². The van der Waals surface area contributed by atoms with Crippen LogP contribution < -0.4 is 0 Å². The molecule has 0 fully saturated rings. The Labute approximate surface area is 131 Å². The summed E-state index contributed by atoms with van der Waals surface area (Å²) in [6, 6.07) is 6.20. The summed E-state index contributed by atoms with van der Waals surface area (Å²) in [4.78, 5) is 4.69. The van der Waals surface area contributed by atoms with Gasteiger partial charge in [0, 0.05) is 6.04 Å². The number of fused-ring (bicyclic) bond motifs is 1. The predicted octanol–water partition coefficient (Wildman–Crippen LogP) is 5.99. The first kappa shape index (κ1) is 15.7. The van der Waals surface area contributed by atoms with Gasteiger partial charge in [0.25, 0.3) is 0 Å². The van der Waals surface area contributed by atoms with E-state index in [0.717, 1.165) is 34.7 Å². The largest absolute Gasteiger partial charge is 0.322 e. The van der Waals surface area contributed by atoms with Crippen LogP contribution in [0.2, 0.25) is 5.02 Å². The van der Waals surface area contributed by atoms with E-state index in [9.17, 15) is 0 Å². The van der Waals surface area contributed by atoms with Crippen molar-refractivity contribution in [2.24, 2.45) is 5.92 Å². The first-order chi connectivity index (χ1) is 9.51. The van der Waals surface area contributed by atoms with Crippen LogP contribution in [-0.2, 0) is 0 Å². The van der Waals surface area contributed by atoms with Crippen molar-refractivity contribution in [1.82, 2.24) is 9.55 Å². The Hall–Kier alpha value is -0.730. The van der Waals surface area contributed by atoms with Gasteiger partial charge in [-0.05, 0) is 31.9 Å². The van der Waals surface area contributed by atoms with Crippen LogP contribution in [0.25, 0.3) is 11.0 Å². The molecular formula is C16H22Cl2N2. The van der Waals surface area contributed by atoms with E-state index in [4.69, 9.17) is 28.2 Å². The number of nitrogens with zero attached hydrogens (tertiary/aromatic N) is 2. The third-order valence-electron chi connectivity index (χ3n) is 4.18. The lowest BCUT2D eigenvalue weighted by atomic mass is 9.95. The summed E-state index contributed by atoms with van der Waals surface area (Å²) < 4.78 is 2.24. The summed E-state index contributed by atoms with van der Waals surface area (Å²) in [6.45, 7) is 8.67. The summed E-state index contributed by atoms with van der Waals surface area (Å²) in [6.07, 6.45) is 2.27. The SMILES string of the molecule is CCC(CC)C(C)n1c(C(C)Cl)nc2cccc(Cl)c21. The number of para-hydroxylation sites is 1. The maximum absolute atomic E-state index is 6.41. The lowest BCUT2D eigenvalue weighted by Gasteiger charge is -2.26. The molecule has 1 aromatic carbocycles. The Morgan fingerprint density at radius 3 is 2.40 bits per heavy atom. The second kappa shape index (κ2) is 6.36. The Balaban J connectivity index is 2.68. The molecule has 0 saturated carbocycles. The van der Waals surface area contributed by atoms with Crippen molar-refractivity contribution in [3.8, 4) is 0 Å². The lowest BCUT2D eigenvalue weighted by Crippen LogP contribution is -2.18. The van der Waals surface area contributed by atoms with Crippen LogP contribution in [0, 0.1) is 5.92 Å². The third kappa shape index (κ3) is 2.68. The molecule has 0 N–H and O–H groups in total. The molecule has 0 radical (unpaired) electrons. The monoisotopic (exact) mass is 312 g/mol. The Morgan fingerprint density at radius 1 is 1.20 bits per heavy atom. The molecule has 0 spiro atoms. The minimum absolute atomic E-state index is 0.129. The number of rotatable bonds is 5. The summed E-state index contributed by atoms with van der Waals surface area (Å²) >= 11 is 12.8. The Kier molecular flexibility index (Phi) is 4.98. The zero-order valence-corrected chi connectivity index (χ0v) is 14.0. The highest BCUT2D eigenvalue weighted by Crippen LogP contribution is 2.35. The molecule has 2 rings (SSSR count). The first-order valence-electron chi connectivity index (χ1n) is 7.31. The third-order valence-corrected chi connectivity index (χ3v) is 4.68. The molecule has 4 heteroatoms. The second-order valence-corrected chi connectivity index (χ2v) is 6.44. The van der Waals surface area contributed by atoms with Gasteiger partial charge in [0.15, 0.2) is 0 Å². The van der Waals surface area contributed by atoms with Gasteiger partial charge in [0.05, 0.1) is 21.4 Å². The van der Waals surface area contributed by atoms with E-state index in [-0.39, 0.29) is 5.38 Å². The molecule has 2 unspecified atom stereocenters. The van der Waals surface area contributed by atoms with Gasteiger partial charge in [-0.1, -0.05) is 44.4 Å². The zero-order chi connectivity index (χ0) is 14.9. The lowest BCUT2D eigenvalue weighted by molar-refractivity contribution is 0.332. The fraction of sp³-hybridized carbons (Fsp3) is 0.562. The van der Waals surface area contributed by atoms with E-state index >= 15 is 0 Å². The van der Waals surface area contributed by atoms with Crippen molar-refractivity contribution >= 4 is 34.2 Å². The molecule has 0 aliphatic heterocycles. The standard InChI is InChI=1S/C16H22Cl2N2/c1-5-12(6-2)11(4)20-15-13(18)8-7-9-14(15)19-16(20)10(3)17/h7-12H,5-6H2,1-4H3. The molecule has 0 amide bonds. The average Bonchev–Trinajstić information content (AvgIpc) is 2.81. The summed E-state index contributed by atoms with van der Waals surface area (Å²) in [7, 11) is 0. The molecule has 0 saturated heterocycles. The molecule has 2 atom stereocenters. The van der Waals surface area contributed by atoms with Gasteiger partial charge in [-0.15, -0.1) is 11.6 Å².